The smallest absolute Gasteiger partial charge is 0.228 e. The summed E-state index contributed by atoms with van der Waals surface area (Å²) in [6, 6.07) is 10.2. The molecule has 28 heavy (non-hydrogen) atoms. The molecule has 1 atom stereocenters. The van der Waals surface area contributed by atoms with Crippen molar-refractivity contribution < 1.29 is 4.79 Å². The summed E-state index contributed by atoms with van der Waals surface area (Å²) in [5.74, 6) is 3.26. The molecule has 2 aromatic rings. The average molecular weight is 377 g/mol. The predicted molar refractivity (Wildman–Crippen MR) is 109 cm³/mol. The molecule has 0 spiro atoms. The number of amides is 1. The number of hydrogen-bond donors (Lipinski definition) is 0. The molecule has 0 N–H and O–H groups in total. The van der Waals surface area contributed by atoms with Crippen molar-refractivity contribution in [3.05, 3.63) is 53.0 Å². The van der Waals surface area contributed by atoms with Gasteiger partial charge in [-0.15, -0.1) is 0 Å². The van der Waals surface area contributed by atoms with E-state index in [1.807, 2.05) is 23.1 Å². The van der Waals surface area contributed by atoms with Crippen LogP contribution in [0.4, 0.5) is 5.82 Å². The molecular formula is C23H28N4O. The molecule has 2 fully saturated rings. The van der Waals surface area contributed by atoms with E-state index in [0.717, 1.165) is 60.3 Å². The summed E-state index contributed by atoms with van der Waals surface area (Å²) in [5.41, 5.74) is 3.33. The third-order valence-electron chi connectivity index (χ3n) is 6.39. The van der Waals surface area contributed by atoms with E-state index in [4.69, 9.17) is 9.97 Å². The third-order valence-corrected chi connectivity index (χ3v) is 6.39. The summed E-state index contributed by atoms with van der Waals surface area (Å²) in [6.45, 7) is 6.10. The van der Waals surface area contributed by atoms with Crippen LogP contribution >= 0.6 is 0 Å². The molecule has 0 bridgehead atoms. The van der Waals surface area contributed by atoms with E-state index < -0.39 is 0 Å². The van der Waals surface area contributed by atoms with Crippen LogP contribution in [-0.4, -0.2) is 40.4 Å². The lowest BCUT2D eigenvalue weighted by molar-refractivity contribution is -0.119. The van der Waals surface area contributed by atoms with Crippen LogP contribution in [0.3, 0.4) is 0 Å². The Morgan fingerprint density at radius 3 is 2.68 bits per heavy atom. The molecule has 0 unspecified atom stereocenters. The molecule has 1 amide bonds. The van der Waals surface area contributed by atoms with Gasteiger partial charge in [0.05, 0.1) is 6.54 Å². The topological polar surface area (TPSA) is 49.3 Å². The van der Waals surface area contributed by atoms with Crippen LogP contribution in [0.2, 0.25) is 0 Å². The van der Waals surface area contributed by atoms with E-state index in [1.54, 1.807) is 0 Å². The van der Waals surface area contributed by atoms with Crippen molar-refractivity contribution >= 4 is 11.7 Å². The van der Waals surface area contributed by atoms with Crippen molar-refractivity contribution in [3.63, 3.8) is 0 Å². The highest BCUT2D eigenvalue weighted by atomic mass is 16.2. The zero-order chi connectivity index (χ0) is 19.1. The maximum absolute atomic E-state index is 12.7. The summed E-state index contributed by atoms with van der Waals surface area (Å²) in [7, 11) is 0. The summed E-state index contributed by atoms with van der Waals surface area (Å²) in [6.07, 6.45) is 5.21. The number of aryl methyl sites for hydroxylation is 1. The van der Waals surface area contributed by atoms with E-state index >= 15 is 0 Å². The molecule has 3 heterocycles. The fourth-order valence-corrected chi connectivity index (χ4v) is 4.59. The van der Waals surface area contributed by atoms with Crippen molar-refractivity contribution in [2.75, 3.05) is 24.5 Å². The highest BCUT2D eigenvalue weighted by Crippen LogP contribution is 2.35. The number of fused-ring (bicyclic) bond motifs is 1. The molecule has 1 aliphatic carbocycles. The average Bonchev–Trinajstić information content (AvgIpc) is 3.39. The van der Waals surface area contributed by atoms with Gasteiger partial charge in [-0.2, -0.15) is 0 Å². The number of nitrogens with zero attached hydrogens (tertiary/aromatic N) is 4. The fraction of sp³-hybridized carbons (Fsp3) is 0.522. The quantitative estimate of drug-likeness (QED) is 0.802. The minimum atomic E-state index is 0.169. The minimum Gasteiger partial charge on any atom is -0.302 e. The molecule has 0 radical (unpaired) electrons. The van der Waals surface area contributed by atoms with Gasteiger partial charge in [-0.25, -0.2) is 9.97 Å². The van der Waals surface area contributed by atoms with E-state index in [9.17, 15) is 4.79 Å². The van der Waals surface area contributed by atoms with Gasteiger partial charge in [0.25, 0.3) is 0 Å². The van der Waals surface area contributed by atoms with Crippen molar-refractivity contribution in [3.8, 4) is 0 Å². The van der Waals surface area contributed by atoms with Gasteiger partial charge >= 0.3 is 0 Å². The Bertz CT molecular complexity index is 878. The van der Waals surface area contributed by atoms with Crippen LogP contribution in [-0.2, 0) is 17.8 Å². The summed E-state index contributed by atoms with van der Waals surface area (Å²) >= 11 is 0. The molecular weight excluding hydrogens is 348 g/mol. The highest BCUT2D eigenvalue weighted by molar-refractivity contribution is 5.95. The molecule has 2 aliphatic heterocycles. The first-order chi connectivity index (χ1) is 13.7. The zero-order valence-electron chi connectivity index (χ0n) is 16.6. The normalized spacial score (nSPS) is 22.5. The first-order valence-corrected chi connectivity index (χ1v) is 10.6. The maximum atomic E-state index is 12.7. The van der Waals surface area contributed by atoms with Gasteiger partial charge in [0.1, 0.15) is 11.6 Å². The Morgan fingerprint density at radius 2 is 1.89 bits per heavy atom. The van der Waals surface area contributed by atoms with Gasteiger partial charge in [0, 0.05) is 36.7 Å². The largest absolute Gasteiger partial charge is 0.302 e. The fourth-order valence-electron chi connectivity index (χ4n) is 4.59. The lowest BCUT2D eigenvalue weighted by Gasteiger charge is -2.30. The van der Waals surface area contributed by atoms with Crippen LogP contribution in [0.5, 0.6) is 0 Å². The molecule has 3 aliphatic rings. The molecule has 5 heteroatoms. The second-order valence-corrected chi connectivity index (χ2v) is 8.62. The van der Waals surface area contributed by atoms with E-state index in [-0.39, 0.29) is 5.91 Å². The zero-order valence-corrected chi connectivity index (χ0v) is 16.6. The Hall–Kier alpha value is -2.27. The summed E-state index contributed by atoms with van der Waals surface area (Å²) in [4.78, 5) is 27.1. The molecule has 1 aromatic carbocycles. The van der Waals surface area contributed by atoms with Crippen molar-refractivity contribution in [1.29, 1.82) is 0 Å². The van der Waals surface area contributed by atoms with Gasteiger partial charge in [0.15, 0.2) is 0 Å². The third kappa shape index (κ3) is 3.55. The first kappa shape index (κ1) is 17.8. The van der Waals surface area contributed by atoms with Crippen molar-refractivity contribution in [1.82, 2.24) is 14.9 Å². The van der Waals surface area contributed by atoms with E-state index in [1.165, 1.54) is 19.4 Å². The number of benzene rings is 1. The Labute approximate surface area is 166 Å². The SMILES string of the molecule is Cc1nc([C@@H]2CCN(CC3CC3)C2)nc2c1CCC(=O)N2Cc1ccccc1. The number of aromatic nitrogens is 2. The van der Waals surface area contributed by atoms with Crippen LogP contribution in [0.25, 0.3) is 0 Å². The van der Waals surface area contributed by atoms with Gasteiger partial charge in [-0.05, 0) is 50.6 Å². The lowest BCUT2D eigenvalue weighted by Crippen LogP contribution is -2.36. The molecule has 5 nitrogen and oxygen atoms in total. The number of likely N-dealkylation sites (tertiary alicyclic amines) is 1. The monoisotopic (exact) mass is 376 g/mol. The first-order valence-electron chi connectivity index (χ1n) is 10.6. The van der Waals surface area contributed by atoms with Gasteiger partial charge in [0.2, 0.25) is 5.91 Å². The summed E-state index contributed by atoms with van der Waals surface area (Å²) < 4.78 is 0. The number of hydrogen-bond acceptors (Lipinski definition) is 4. The van der Waals surface area contributed by atoms with Crippen LogP contribution in [0.1, 0.15) is 54.2 Å². The second-order valence-electron chi connectivity index (χ2n) is 8.62. The molecule has 146 valence electrons. The Morgan fingerprint density at radius 1 is 1.07 bits per heavy atom. The lowest BCUT2D eigenvalue weighted by atomic mass is 10.0. The van der Waals surface area contributed by atoms with Crippen molar-refractivity contribution in [2.24, 2.45) is 5.92 Å². The number of carbonyl (C=O) groups is 1. The second kappa shape index (κ2) is 7.28. The molecule has 5 rings (SSSR count). The van der Waals surface area contributed by atoms with Crippen LogP contribution < -0.4 is 4.90 Å². The highest BCUT2D eigenvalue weighted by Gasteiger charge is 2.33. The Balaban J connectivity index is 1.42. The maximum Gasteiger partial charge on any atom is 0.228 e. The van der Waals surface area contributed by atoms with Crippen LogP contribution in [0, 0.1) is 12.8 Å². The standard InChI is InChI=1S/C23H28N4O/c1-16-20-9-10-21(28)27(14-17-5-3-2-4-6-17)23(20)25-22(24-16)19-11-12-26(15-19)13-18-7-8-18/h2-6,18-19H,7-15H2,1H3/t19-/m1/s1. The van der Waals surface area contributed by atoms with Gasteiger partial charge in [-0.3, -0.25) is 9.69 Å². The number of rotatable bonds is 5. The van der Waals surface area contributed by atoms with Crippen LogP contribution in [0.15, 0.2) is 30.3 Å². The molecule has 1 saturated carbocycles. The van der Waals surface area contributed by atoms with E-state index in [2.05, 4.69) is 24.0 Å². The molecule has 1 aromatic heterocycles. The number of carbonyl (C=O) groups excluding carboxylic acids is 1. The van der Waals surface area contributed by atoms with Gasteiger partial charge < -0.3 is 4.90 Å². The minimum absolute atomic E-state index is 0.169. The Kier molecular flexibility index (Phi) is 4.63. The molecule has 1 saturated heterocycles. The van der Waals surface area contributed by atoms with Gasteiger partial charge in [-0.1, -0.05) is 30.3 Å². The summed E-state index contributed by atoms with van der Waals surface area (Å²) in [5, 5.41) is 0. The predicted octanol–water partition coefficient (Wildman–Crippen LogP) is 3.46. The van der Waals surface area contributed by atoms with Crippen molar-refractivity contribution in [2.45, 2.75) is 51.5 Å². The number of anilines is 1. The van der Waals surface area contributed by atoms with E-state index in [0.29, 0.717) is 18.9 Å².